The number of hydrogen-bond donors (Lipinski definition) is 1. The Morgan fingerprint density at radius 2 is 1.58 bits per heavy atom. The summed E-state index contributed by atoms with van der Waals surface area (Å²) in [5, 5.41) is 0. The standard InChI is InChI=1S/C11H21N/c1-8(12)11-6-9-4-2-3-5-10(9)7-11/h8-11H,2-7,12H2,1H3. The Labute approximate surface area is 75.7 Å². The van der Waals surface area contributed by atoms with E-state index in [1.165, 1.54) is 38.5 Å². The lowest BCUT2D eigenvalue weighted by Crippen LogP contribution is -2.24. The zero-order valence-corrected chi connectivity index (χ0v) is 8.13. The van der Waals surface area contributed by atoms with Gasteiger partial charge in [-0.3, -0.25) is 0 Å². The Morgan fingerprint density at radius 1 is 1.08 bits per heavy atom. The van der Waals surface area contributed by atoms with Gasteiger partial charge in [0.15, 0.2) is 0 Å². The molecule has 2 aliphatic carbocycles. The summed E-state index contributed by atoms with van der Waals surface area (Å²) in [4.78, 5) is 0. The van der Waals surface area contributed by atoms with Gasteiger partial charge in [0.25, 0.3) is 0 Å². The van der Waals surface area contributed by atoms with E-state index in [0.717, 1.165) is 17.8 Å². The van der Waals surface area contributed by atoms with E-state index in [0.29, 0.717) is 6.04 Å². The third kappa shape index (κ3) is 1.52. The topological polar surface area (TPSA) is 26.0 Å². The van der Waals surface area contributed by atoms with E-state index in [9.17, 15) is 0 Å². The molecule has 2 N–H and O–H groups in total. The van der Waals surface area contributed by atoms with Crippen molar-refractivity contribution in [2.75, 3.05) is 0 Å². The van der Waals surface area contributed by atoms with Gasteiger partial charge in [-0.1, -0.05) is 25.7 Å². The fourth-order valence-corrected chi connectivity index (χ4v) is 3.21. The molecule has 3 unspecified atom stereocenters. The van der Waals surface area contributed by atoms with E-state index in [-0.39, 0.29) is 0 Å². The first-order valence-electron chi connectivity index (χ1n) is 5.53. The fraction of sp³-hybridized carbons (Fsp3) is 1.00. The van der Waals surface area contributed by atoms with Crippen molar-refractivity contribution < 1.29 is 0 Å². The molecule has 2 fully saturated rings. The lowest BCUT2D eigenvalue weighted by Gasteiger charge is -2.24. The molecule has 2 rings (SSSR count). The fourth-order valence-electron chi connectivity index (χ4n) is 3.21. The van der Waals surface area contributed by atoms with Gasteiger partial charge in [-0.2, -0.15) is 0 Å². The summed E-state index contributed by atoms with van der Waals surface area (Å²) in [6, 6.07) is 0.440. The summed E-state index contributed by atoms with van der Waals surface area (Å²) in [6.07, 6.45) is 8.81. The second-order valence-corrected chi connectivity index (χ2v) is 4.90. The van der Waals surface area contributed by atoms with Crippen molar-refractivity contribution in [1.82, 2.24) is 0 Å². The van der Waals surface area contributed by atoms with E-state index in [1.807, 2.05) is 0 Å². The molecule has 0 saturated heterocycles. The van der Waals surface area contributed by atoms with Crippen LogP contribution in [0.25, 0.3) is 0 Å². The zero-order valence-electron chi connectivity index (χ0n) is 8.13. The molecule has 0 aromatic carbocycles. The van der Waals surface area contributed by atoms with Gasteiger partial charge in [0.05, 0.1) is 0 Å². The maximum Gasteiger partial charge on any atom is 0.00389 e. The van der Waals surface area contributed by atoms with Gasteiger partial charge in [0, 0.05) is 6.04 Å². The molecule has 70 valence electrons. The summed E-state index contributed by atoms with van der Waals surface area (Å²) in [7, 11) is 0. The average Bonchev–Trinajstić information content (AvgIpc) is 2.46. The quantitative estimate of drug-likeness (QED) is 0.638. The highest BCUT2D eigenvalue weighted by Gasteiger charge is 2.36. The monoisotopic (exact) mass is 167 g/mol. The number of nitrogens with two attached hydrogens (primary N) is 1. The maximum absolute atomic E-state index is 5.95. The van der Waals surface area contributed by atoms with Gasteiger partial charge in [0.2, 0.25) is 0 Å². The van der Waals surface area contributed by atoms with Crippen LogP contribution in [0.1, 0.15) is 45.4 Å². The largest absolute Gasteiger partial charge is 0.328 e. The summed E-state index contributed by atoms with van der Waals surface area (Å²) < 4.78 is 0. The van der Waals surface area contributed by atoms with Crippen LogP contribution < -0.4 is 5.73 Å². The minimum Gasteiger partial charge on any atom is -0.328 e. The van der Waals surface area contributed by atoms with Crippen molar-refractivity contribution in [3.05, 3.63) is 0 Å². The van der Waals surface area contributed by atoms with Crippen molar-refractivity contribution >= 4 is 0 Å². The smallest absolute Gasteiger partial charge is 0.00389 e. The molecule has 0 amide bonds. The Hall–Kier alpha value is -0.0400. The lowest BCUT2D eigenvalue weighted by molar-refractivity contribution is 0.277. The van der Waals surface area contributed by atoms with Crippen LogP contribution in [0.3, 0.4) is 0 Å². The first-order chi connectivity index (χ1) is 5.77. The second-order valence-electron chi connectivity index (χ2n) is 4.90. The van der Waals surface area contributed by atoms with Crippen LogP contribution in [0.5, 0.6) is 0 Å². The summed E-state index contributed by atoms with van der Waals surface area (Å²) in [5.74, 6) is 2.95. The molecule has 0 heterocycles. The van der Waals surface area contributed by atoms with Crippen LogP contribution in [0, 0.1) is 17.8 Å². The molecule has 2 aliphatic rings. The normalized spacial score (nSPS) is 44.0. The van der Waals surface area contributed by atoms with Crippen molar-refractivity contribution in [3.63, 3.8) is 0 Å². The van der Waals surface area contributed by atoms with Gasteiger partial charge >= 0.3 is 0 Å². The van der Waals surface area contributed by atoms with E-state index in [4.69, 9.17) is 5.73 Å². The molecule has 0 spiro atoms. The van der Waals surface area contributed by atoms with Crippen molar-refractivity contribution in [3.8, 4) is 0 Å². The molecule has 0 bridgehead atoms. The van der Waals surface area contributed by atoms with Crippen LogP contribution in [-0.2, 0) is 0 Å². The van der Waals surface area contributed by atoms with Gasteiger partial charge in [-0.25, -0.2) is 0 Å². The molecule has 1 nitrogen and oxygen atoms in total. The summed E-state index contributed by atoms with van der Waals surface area (Å²) >= 11 is 0. The van der Waals surface area contributed by atoms with E-state index >= 15 is 0 Å². The zero-order chi connectivity index (χ0) is 8.55. The van der Waals surface area contributed by atoms with E-state index in [2.05, 4.69) is 6.92 Å². The Bertz CT molecular complexity index is 139. The Balaban J connectivity index is 1.94. The molecule has 0 aromatic heterocycles. The predicted octanol–water partition coefficient (Wildman–Crippen LogP) is 2.55. The van der Waals surface area contributed by atoms with E-state index < -0.39 is 0 Å². The van der Waals surface area contributed by atoms with Crippen molar-refractivity contribution in [2.45, 2.75) is 51.5 Å². The highest BCUT2D eigenvalue weighted by Crippen LogP contribution is 2.45. The second kappa shape index (κ2) is 3.37. The minimum atomic E-state index is 0.440. The lowest BCUT2D eigenvalue weighted by atomic mass is 9.82. The highest BCUT2D eigenvalue weighted by atomic mass is 14.6. The number of rotatable bonds is 1. The Morgan fingerprint density at radius 3 is 2.00 bits per heavy atom. The third-order valence-electron chi connectivity index (χ3n) is 4.02. The first-order valence-corrected chi connectivity index (χ1v) is 5.53. The van der Waals surface area contributed by atoms with Crippen LogP contribution in [0.15, 0.2) is 0 Å². The van der Waals surface area contributed by atoms with Gasteiger partial charge in [0.1, 0.15) is 0 Å². The van der Waals surface area contributed by atoms with Crippen molar-refractivity contribution in [1.29, 1.82) is 0 Å². The van der Waals surface area contributed by atoms with Crippen molar-refractivity contribution in [2.24, 2.45) is 23.5 Å². The van der Waals surface area contributed by atoms with E-state index in [1.54, 1.807) is 0 Å². The molecular weight excluding hydrogens is 146 g/mol. The molecule has 0 aromatic rings. The SMILES string of the molecule is CC(N)C1CC2CCCCC2C1. The highest BCUT2D eigenvalue weighted by molar-refractivity contribution is 4.88. The van der Waals surface area contributed by atoms with Gasteiger partial charge in [-0.15, -0.1) is 0 Å². The van der Waals surface area contributed by atoms with Crippen LogP contribution >= 0.6 is 0 Å². The molecule has 0 aliphatic heterocycles. The molecule has 3 atom stereocenters. The first kappa shape index (κ1) is 8.55. The van der Waals surface area contributed by atoms with Gasteiger partial charge < -0.3 is 5.73 Å². The van der Waals surface area contributed by atoms with Gasteiger partial charge in [-0.05, 0) is 37.5 Å². The Kier molecular flexibility index (Phi) is 2.40. The maximum atomic E-state index is 5.95. The minimum absolute atomic E-state index is 0.440. The number of fused-ring (bicyclic) bond motifs is 1. The molecule has 0 radical (unpaired) electrons. The molecule has 2 saturated carbocycles. The predicted molar refractivity (Wildman–Crippen MR) is 51.8 cm³/mol. The average molecular weight is 167 g/mol. The number of hydrogen-bond acceptors (Lipinski definition) is 1. The van der Waals surface area contributed by atoms with Crippen LogP contribution in [0.2, 0.25) is 0 Å². The van der Waals surface area contributed by atoms with Crippen LogP contribution in [0.4, 0.5) is 0 Å². The summed E-state index contributed by atoms with van der Waals surface area (Å²) in [6.45, 7) is 2.18. The summed E-state index contributed by atoms with van der Waals surface area (Å²) in [5.41, 5.74) is 5.95. The molecule has 12 heavy (non-hydrogen) atoms. The van der Waals surface area contributed by atoms with Crippen LogP contribution in [-0.4, -0.2) is 6.04 Å². The molecule has 1 heteroatoms. The molecular formula is C11H21N. The third-order valence-corrected chi connectivity index (χ3v) is 4.02.